The molecular formula is C20H19FN4O2. The monoisotopic (exact) mass is 366 g/mol. The molecule has 27 heavy (non-hydrogen) atoms. The summed E-state index contributed by atoms with van der Waals surface area (Å²) in [6.07, 6.45) is 4.12. The summed E-state index contributed by atoms with van der Waals surface area (Å²) in [6, 6.07) is 11.4. The standard InChI is InChI=1S/C20H19FN4O2/c21-16-2-1-3-18(10-16)27-13-17-11-19(24-23-17)15-6-9-25(12-15)20(26)14-4-7-22-8-5-14/h1-5,7-8,10-11,15H,6,9,12-13H2,(H,23,24)/t15-/m0/s1. The van der Waals surface area contributed by atoms with Crippen LogP contribution in [0.2, 0.25) is 0 Å². The molecule has 0 aliphatic carbocycles. The van der Waals surface area contributed by atoms with E-state index in [4.69, 9.17) is 4.74 Å². The molecule has 1 atom stereocenters. The summed E-state index contributed by atoms with van der Waals surface area (Å²) in [5.74, 6) is 0.351. The fourth-order valence-electron chi connectivity index (χ4n) is 3.24. The number of carbonyl (C=O) groups excluding carboxylic acids is 1. The fraction of sp³-hybridized carbons (Fsp3) is 0.250. The first-order valence-corrected chi connectivity index (χ1v) is 8.81. The fourth-order valence-corrected chi connectivity index (χ4v) is 3.24. The highest BCUT2D eigenvalue weighted by Gasteiger charge is 2.29. The molecule has 1 aliphatic rings. The number of H-pyrrole nitrogens is 1. The molecule has 6 nitrogen and oxygen atoms in total. The minimum absolute atomic E-state index is 0.0186. The Labute approximate surface area is 156 Å². The summed E-state index contributed by atoms with van der Waals surface area (Å²) >= 11 is 0. The lowest BCUT2D eigenvalue weighted by atomic mass is 10.1. The van der Waals surface area contributed by atoms with Gasteiger partial charge in [0.25, 0.3) is 5.91 Å². The molecule has 0 bridgehead atoms. The highest BCUT2D eigenvalue weighted by atomic mass is 19.1. The zero-order valence-electron chi connectivity index (χ0n) is 14.6. The van der Waals surface area contributed by atoms with Crippen LogP contribution in [-0.2, 0) is 6.61 Å². The predicted molar refractivity (Wildman–Crippen MR) is 96.8 cm³/mol. The van der Waals surface area contributed by atoms with Gasteiger partial charge in [-0.15, -0.1) is 0 Å². The second-order valence-corrected chi connectivity index (χ2v) is 6.54. The van der Waals surface area contributed by atoms with Crippen molar-refractivity contribution in [2.75, 3.05) is 13.1 Å². The number of aromatic nitrogens is 3. The Hall–Kier alpha value is -3.22. The third-order valence-electron chi connectivity index (χ3n) is 4.66. The van der Waals surface area contributed by atoms with Gasteiger partial charge < -0.3 is 9.64 Å². The lowest BCUT2D eigenvalue weighted by Gasteiger charge is -2.15. The predicted octanol–water partition coefficient (Wildman–Crippen LogP) is 3.15. The maximum atomic E-state index is 13.2. The van der Waals surface area contributed by atoms with E-state index in [1.165, 1.54) is 12.1 Å². The third kappa shape index (κ3) is 3.97. The summed E-state index contributed by atoms with van der Waals surface area (Å²) in [6.45, 7) is 1.62. The number of nitrogens with zero attached hydrogens (tertiary/aromatic N) is 3. The molecule has 1 fully saturated rings. The second kappa shape index (κ2) is 7.57. The molecule has 1 aliphatic heterocycles. The molecule has 138 valence electrons. The van der Waals surface area contributed by atoms with Crippen LogP contribution in [0.5, 0.6) is 5.75 Å². The first kappa shape index (κ1) is 17.2. The molecule has 3 aromatic rings. The van der Waals surface area contributed by atoms with Crippen molar-refractivity contribution in [2.24, 2.45) is 0 Å². The van der Waals surface area contributed by atoms with Crippen LogP contribution in [0, 0.1) is 5.82 Å². The molecule has 0 unspecified atom stereocenters. The number of ether oxygens (including phenoxy) is 1. The zero-order chi connectivity index (χ0) is 18.6. The molecule has 1 saturated heterocycles. The Morgan fingerprint density at radius 3 is 2.93 bits per heavy atom. The summed E-state index contributed by atoms with van der Waals surface area (Å²) in [4.78, 5) is 18.3. The second-order valence-electron chi connectivity index (χ2n) is 6.54. The number of amides is 1. The average Bonchev–Trinajstić information content (AvgIpc) is 3.36. The van der Waals surface area contributed by atoms with Gasteiger partial charge in [0, 0.05) is 43.0 Å². The Morgan fingerprint density at radius 2 is 2.11 bits per heavy atom. The van der Waals surface area contributed by atoms with E-state index in [0.29, 0.717) is 24.4 Å². The summed E-state index contributed by atoms with van der Waals surface area (Å²) in [5.41, 5.74) is 2.38. The number of pyridine rings is 1. The Morgan fingerprint density at radius 1 is 1.26 bits per heavy atom. The van der Waals surface area contributed by atoms with Crippen LogP contribution >= 0.6 is 0 Å². The van der Waals surface area contributed by atoms with Crippen LogP contribution < -0.4 is 4.74 Å². The van der Waals surface area contributed by atoms with Gasteiger partial charge in [-0.25, -0.2) is 4.39 Å². The molecule has 3 heterocycles. The highest BCUT2D eigenvalue weighted by Crippen LogP contribution is 2.27. The van der Waals surface area contributed by atoms with E-state index in [2.05, 4.69) is 15.2 Å². The maximum absolute atomic E-state index is 13.2. The van der Waals surface area contributed by atoms with Crippen molar-refractivity contribution in [1.29, 1.82) is 0 Å². The number of benzene rings is 1. The zero-order valence-corrected chi connectivity index (χ0v) is 14.6. The van der Waals surface area contributed by atoms with E-state index < -0.39 is 0 Å². The Kier molecular flexibility index (Phi) is 4.82. The largest absolute Gasteiger partial charge is 0.487 e. The van der Waals surface area contributed by atoms with Crippen molar-refractivity contribution in [3.63, 3.8) is 0 Å². The number of aromatic amines is 1. The van der Waals surface area contributed by atoms with Gasteiger partial charge >= 0.3 is 0 Å². The van der Waals surface area contributed by atoms with Crippen LogP contribution in [0.1, 0.15) is 34.1 Å². The summed E-state index contributed by atoms with van der Waals surface area (Å²) < 4.78 is 18.8. The molecule has 1 N–H and O–H groups in total. The van der Waals surface area contributed by atoms with Crippen molar-refractivity contribution in [3.05, 3.63) is 77.6 Å². The molecule has 0 saturated carbocycles. The van der Waals surface area contributed by atoms with Crippen LogP contribution in [0.25, 0.3) is 0 Å². The molecule has 0 spiro atoms. The number of hydrogen-bond acceptors (Lipinski definition) is 4. The lowest BCUT2D eigenvalue weighted by molar-refractivity contribution is 0.0790. The molecular weight excluding hydrogens is 347 g/mol. The molecule has 4 rings (SSSR count). The summed E-state index contributed by atoms with van der Waals surface area (Å²) in [7, 11) is 0. The van der Waals surface area contributed by atoms with Crippen LogP contribution in [0.4, 0.5) is 4.39 Å². The first-order valence-electron chi connectivity index (χ1n) is 8.81. The maximum Gasteiger partial charge on any atom is 0.253 e. The molecule has 0 radical (unpaired) electrons. The Bertz CT molecular complexity index is 928. The topological polar surface area (TPSA) is 71.1 Å². The van der Waals surface area contributed by atoms with E-state index in [1.54, 1.807) is 36.7 Å². The number of rotatable bonds is 5. The van der Waals surface area contributed by atoms with Crippen LogP contribution in [0.15, 0.2) is 54.9 Å². The van der Waals surface area contributed by atoms with Gasteiger partial charge in [0.1, 0.15) is 18.2 Å². The van der Waals surface area contributed by atoms with Gasteiger partial charge in [0.05, 0.1) is 11.4 Å². The molecule has 7 heteroatoms. The van der Waals surface area contributed by atoms with E-state index in [0.717, 1.165) is 17.8 Å². The SMILES string of the molecule is O=C(c1ccncc1)N1CC[C@H](c2cc(COc3cccc(F)c3)[nH]n2)C1. The van der Waals surface area contributed by atoms with E-state index >= 15 is 0 Å². The van der Waals surface area contributed by atoms with Gasteiger partial charge in [-0.3, -0.25) is 14.9 Å². The van der Waals surface area contributed by atoms with Crippen molar-refractivity contribution >= 4 is 5.91 Å². The van der Waals surface area contributed by atoms with E-state index in [-0.39, 0.29) is 24.2 Å². The number of carbonyl (C=O) groups is 1. The Balaban J connectivity index is 1.36. The van der Waals surface area contributed by atoms with Crippen LogP contribution in [-0.4, -0.2) is 39.1 Å². The third-order valence-corrected chi connectivity index (χ3v) is 4.66. The van der Waals surface area contributed by atoms with Gasteiger partial charge in [0.2, 0.25) is 0 Å². The number of hydrogen-bond donors (Lipinski definition) is 1. The molecule has 1 amide bonds. The van der Waals surface area contributed by atoms with Crippen molar-refractivity contribution in [3.8, 4) is 5.75 Å². The summed E-state index contributed by atoms with van der Waals surface area (Å²) in [5, 5.41) is 7.33. The average molecular weight is 366 g/mol. The molecule has 1 aromatic carbocycles. The minimum Gasteiger partial charge on any atom is -0.487 e. The van der Waals surface area contributed by atoms with Gasteiger partial charge in [-0.1, -0.05) is 6.07 Å². The quantitative estimate of drug-likeness (QED) is 0.753. The van der Waals surface area contributed by atoms with E-state index in [9.17, 15) is 9.18 Å². The normalized spacial score (nSPS) is 16.5. The van der Waals surface area contributed by atoms with Gasteiger partial charge in [-0.05, 0) is 36.8 Å². The van der Waals surface area contributed by atoms with Gasteiger partial charge in [0.15, 0.2) is 0 Å². The number of likely N-dealkylation sites (tertiary alicyclic amines) is 1. The molecule has 2 aromatic heterocycles. The number of nitrogens with one attached hydrogen (secondary N) is 1. The van der Waals surface area contributed by atoms with Crippen LogP contribution in [0.3, 0.4) is 0 Å². The first-order chi connectivity index (χ1) is 13.2. The minimum atomic E-state index is -0.331. The lowest BCUT2D eigenvalue weighted by Crippen LogP contribution is -2.28. The number of halogens is 1. The van der Waals surface area contributed by atoms with Crippen molar-refractivity contribution in [1.82, 2.24) is 20.1 Å². The van der Waals surface area contributed by atoms with E-state index in [1.807, 2.05) is 11.0 Å². The van der Waals surface area contributed by atoms with Crippen molar-refractivity contribution < 1.29 is 13.9 Å². The highest BCUT2D eigenvalue weighted by molar-refractivity contribution is 5.94. The van der Waals surface area contributed by atoms with Gasteiger partial charge in [-0.2, -0.15) is 5.10 Å². The smallest absolute Gasteiger partial charge is 0.253 e. The van der Waals surface area contributed by atoms with Crippen molar-refractivity contribution in [2.45, 2.75) is 18.9 Å².